The lowest BCUT2D eigenvalue weighted by molar-refractivity contribution is 0.404. The maximum absolute atomic E-state index is 13.9. The Bertz CT molecular complexity index is 574. The van der Waals surface area contributed by atoms with Crippen LogP contribution in [0.1, 0.15) is 16.0 Å². The molecule has 0 fully saturated rings. The summed E-state index contributed by atoms with van der Waals surface area (Å²) < 4.78 is 19.1. The Morgan fingerprint density at radius 2 is 2.00 bits per heavy atom. The van der Waals surface area contributed by atoms with E-state index in [9.17, 15) is 4.39 Å². The summed E-state index contributed by atoms with van der Waals surface area (Å²) in [4.78, 5) is -0.165. The standard InChI is InChI=1S/C15H13BrClFO/c1-19-14-7-3-6-13(18)15(14)12(16)9-10-4-2-5-11(17)8-10/h2-8,12H,9H2,1H3. The third-order valence-electron chi connectivity index (χ3n) is 2.85. The maximum atomic E-state index is 13.9. The maximum Gasteiger partial charge on any atom is 0.131 e. The van der Waals surface area contributed by atoms with E-state index in [1.807, 2.05) is 24.3 Å². The fourth-order valence-electron chi connectivity index (χ4n) is 1.97. The monoisotopic (exact) mass is 342 g/mol. The van der Waals surface area contributed by atoms with Crippen LogP contribution in [-0.2, 0) is 6.42 Å². The van der Waals surface area contributed by atoms with Crippen LogP contribution in [0.25, 0.3) is 0 Å². The topological polar surface area (TPSA) is 9.23 Å². The van der Waals surface area contributed by atoms with Crippen molar-refractivity contribution in [2.24, 2.45) is 0 Å². The molecule has 0 radical (unpaired) electrons. The molecule has 0 aliphatic rings. The minimum absolute atomic E-state index is 0.165. The fourth-order valence-corrected chi connectivity index (χ4v) is 3.00. The first-order valence-corrected chi connectivity index (χ1v) is 7.12. The average molecular weight is 344 g/mol. The van der Waals surface area contributed by atoms with Gasteiger partial charge in [-0.25, -0.2) is 4.39 Å². The number of benzene rings is 2. The van der Waals surface area contributed by atoms with Gasteiger partial charge in [0.15, 0.2) is 0 Å². The van der Waals surface area contributed by atoms with Gasteiger partial charge in [-0.05, 0) is 36.2 Å². The molecular formula is C15H13BrClFO. The molecule has 1 atom stereocenters. The van der Waals surface area contributed by atoms with Gasteiger partial charge in [-0.15, -0.1) is 0 Å². The highest BCUT2D eigenvalue weighted by molar-refractivity contribution is 9.09. The molecule has 0 N–H and O–H groups in total. The van der Waals surface area contributed by atoms with Crippen molar-refractivity contribution in [3.8, 4) is 5.75 Å². The summed E-state index contributed by atoms with van der Waals surface area (Å²) in [5.74, 6) is 0.271. The van der Waals surface area contributed by atoms with Gasteiger partial charge < -0.3 is 4.74 Å². The van der Waals surface area contributed by atoms with Gasteiger partial charge in [0.1, 0.15) is 11.6 Å². The number of hydrogen-bond acceptors (Lipinski definition) is 1. The molecule has 0 saturated heterocycles. The van der Waals surface area contributed by atoms with E-state index in [0.717, 1.165) is 5.56 Å². The van der Waals surface area contributed by atoms with Crippen LogP contribution >= 0.6 is 27.5 Å². The molecule has 1 unspecified atom stereocenters. The summed E-state index contributed by atoms with van der Waals surface area (Å²) in [5, 5.41) is 0.678. The Morgan fingerprint density at radius 3 is 2.68 bits per heavy atom. The fraction of sp³-hybridized carbons (Fsp3) is 0.200. The molecule has 4 heteroatoms. The van der Waals surface area contributed by atoms with E-state index in [4.69, 9.17) is 16.3 Å². The van der Waals surface area contributed by atoms with Crippen LogP contribution in [0.3, 0.4) is 0 Å². The third kappa shape index (κ3) is 3.48. The Hall–Kier alpha value is -1.06. The molecular weight excluding hydrogens is 331 g/mol. The van der Waals surface area contributed by atoms with Gasteiger partial charge in [-0.1, -0.05) is 45.7 Å². The van der Waals surface area contributed by atoms with Crippen molar-refractivity contribution in [2.75, 3.05) is 7.11 Å². The lowest BCUT2D eigenvalue weighted by Gasteiger charge is -2.15. The number of rotatable bonds is 4. The van der Waals surface area contributed by atoms with Gasteiger partial charge in [-0.2, -0.15) is 0 Å². The van der Waals surface area contributed by atoms with Gasteiger partial charge in [0.25, 0.3) is 0 Å². The summed E-state index contributed by atoms with van der Waals surface area (Å²) >= 11 is 9.48. The molecule has 0 saturated carbocycles. The summed E-state index contributed by atoms with van der Waals surface area (Å²) in [6, 6.07) is 12.4. The molecule has 0 spiro atoms. The molecule has 0 amide bonds. The van der Waals surface area contributed by atoms with Crippen LogP contribution in [0.2, 0.25) is 5.02 Å². The zero-order valence-corrected chi connectivity index (χ0v) is 12.7. The van der Waals surface area contributed by atoms with Crippen molar-refractivity contribution in [3.63, 3.8) is 0 Å². The van der Waals surface area contributed by atoms with Crippen LogP contribution in [0, 0.1) is 5.82 Å². The molecule has 19 heavy (non-hydrogen) atoms. The van der Waals surface area contributed by atoms with Gasteiger partial charge in [0.2, 0.25) is 0 Å². The normalized spacial score (nSPS) is 12.2. The smallest absolute Gasteiger partial charge is 0.131 e. The van der Waals surface area contributed by atoms with E-state index >= 15 is 0 Å². The number of ether oxygens (including phenoxy) is 1. The summed E-state index contributed by atoms with van der Waals surface area (Å²) in [5.41, 5.74) is 1.57. The number of alkyl halides is 1. The van der Waals surface area contributed by atoms with E-state index in [1.165, 1.54) is 13.2 Å². The molecule has 0 bridgehead atoms. The molecule has 0 aliphatic carbocycles. The summed E-state index contributed by atoms with van der Waals surface area (Å²) in [7, 11) is 1.54. The van der Waals surface area contributed by atoms with E-state index < -0.39 is 0 Å². The SMILES string of the molecule is COc1cccc(F)c1C(Br)Cc1cccc(Cl)c1. The molecule has 100 valence electrons. The predicted molar refractivity (Wildman–Crippen MR) is 79.8 cm³/mol. The number of hydrogen-bond donors (Lipinski definition) is 0. The molecule has 0 aromatic heterocycles. The van der Waals surface area contributed by atoms with Crippen LogP contribution < -0.4 is 4.74 Å². The molecule has 2 aromatic rings. The molecule has 0 heterocycles. The second-order valence-electron chi connectivity index (χ2n) is 4.16. The highest BCUT2D eigenvalue weighted by Gasteiger charge is 2.18. The van der Waals surface area contributed by atoms with E-state index in [0.29, 0.717) is 22.8 Å². The van der Waals surface area contributed by atoms with Crippen molar-refractivity contribution < 1.29 is 9.13 Å². The Morgan fingerprint density at radius 1 is 1.26 bits per heavy atom. The second kappa shape index (κ2) is 6.40. The minimum atomic E-state index is -0.275. The molecule has 0 aliphatic heterocycles. The molecule has 1 nitrogen and oxygen atoms in total. The van der Waals surface area contributed by atoms with Crippen molar-refractivity contribution in [2.45, 2.75) is 11.2 Å². The Balaban J connectivity index is 2.27. The van der Waals surface area contributed by atoms with E-state index in [1.54, 1.807) is 12.1 Å². The minimum Gasteiger partial charge on any atom is -0.496 e. The van der Waals surface area contributed by atoms with Crippen molar-refractivity contribution in [1.82, 2.24) is 0 Å². The Kier molecular flexibility index (Phi) is 4.83. The summed E-state index contributed by atoms with van der Waals surface area (Å²) in [6.07, 6.45) is 0.637. The predicted octanol–water partition coefficient (Wildman–Crippen LogP) is 5.17. The first-order chi connectivity index (χ1) is 9.11. The first-order valence-electron chi connectivity index (χ1n) is 5.82. The lowest BCUT2D eigenvalue weighted by atomic mass is 10.0. The van der Waals surface area contributed by atoms with E-state index in [2.05, 4.69) is 15.9 Å². The molecule has 2 aromatic carbocycles. The van der Waals surface area contributed by atoms with Gasteiger partial charge in [0, 0.05) is 10.6 Å². The zero-order valence-electron chi connectivity index (χ0n) is 10.4. The Labute approximate surface area is 125 Å². The van der Waals surface area contributed by atoms with Crippen molar-refractivity contribution in [1.29, 1.82) is 0 Å². The third-order valence-corrected chi connectivity index (χ3v) is 3.87. The van der Waals surface area contributed by atoms with Gasteiger partial charge in [0.05, 0.1) is 11.9 Å². The average Bonchev–Trinajstić information content (AvgIpc) is 2.38. The number of methoxy groups -OCH3 is 1. The van der Waals surface area contributed by atoms with Crippen LogP contribution in [0.15, 0.2) is 42.5 Å². The highest BCUT2D eigenvalue weighted by atomic mass is 79.9. The van der Waals surface area contributed by atoms with Crippen molar-refractivity contribution >= 4 is 27.5 Å². The largest absolute Gasteiger partial charge is 0.496 e. The zero-order chi connectivity index (χ0) is 13.8. The summed E-state index contributed by atoms with van der Waals surface area (Å²) in [6.45, 7) is 0. The first kappa shape index (κ1) is 14.4. The van der Waals surface area contributed by atoms with Gasteiger partial charge in [-0.3, -0.25) is 0 Å². The number of halogens is 3. The second-order valence-corrected chi connectivity index (χ2v) is 5.70. The van der Waals surface area contributed by atoms with E-state index in [-0.39, 0.29) is 10.6 Å². The van der Waals surface area contributed by atoms with Gasteiger partial charge >= 0.3 is 0 Å². The highest BCUT2D eigenvalue weighted by Crippen LogP contribution is 2.35. The molecule has 2 rings (SSSR count). The van der Waals surface area contributed by atoms with Crippen LogP contribution in [0.5, 0.6) is 5.75 Å². The lowest BCUT2D eigenvalue weighted by Crippen LogP contribution is -2.02. The van der Waals surface area contributed by atoms with Crippen LogP contribution in [-0.4, -0.2) is 7.11 Å². The quantitative estimate of drug-likeness (QED) is 0.696. The van der Waals surface area contributed by atoms with Crippen LogP contribution in [0.4, 0.5) is 4.39 Å². The van der Waals surface area contributed by atoms with Crippen molar-refractivity contribution in [3.05, 3.63) is 64.4 Å².